The minimum atomic E-state index is 0.584. The van der Waals surface area contributed by atoms with Crippen molar-refractivity contribution in [3.8, 4) is 22.8 Å². The first-order chi connectivity index (χ1) is 20.3. The molecular formula is C37H23N3O. The molecule has 0 unspecified atom stereocenters. The molecule has 192 valence electrons. The van der Waals surface area contributed by atoms with Gasteiger partial charge in [0.15, 0.2) is 5.58 Å². The van der Waals surface area contributed by atoms with Gasteiger partial charge in [-0.15, -0.1) is 0 Å². The van der Waals surface area contributed by atoms with Gasteiger partial charge < -0.3 is 8.98 Å². The van der Waals surface area contributed by atoms with E-state index in [0.717, 1.165) is 22.1 Å². The first kappa shape index (κ1) is 22.2. The normalized spacial score (nSPS) is 11.9. The standard InChI is InChI=1S/C37H23N3O/c1-2-10-26(11-3-1)39-32-15-7-4-12-27(32)29-22-24(18-20-34(29)39)25-19-21-35-30(23-25)28-13-5-8-16-33(28)40(35)37-38-31-14-6-9-17-36(31)41-37/h1-23H. The van der Waals surface area contributed by atoms with Crippen LogP contribution in [0.3, 0.4) is 0 Å². The summed E-state index contributed by atoms with van der Waals surface area (Å²) < 4.78 is 10.7. The van der Waals surface area contributed by atoms with Crippen molar-refractivity contribution in [1.82, 2.24) is 14.1 Å². The Kier molecular flexibility index (Phi) is 4.58. The monoisotopic (exact) mass is 525 g/mol. The lowest BCUT2D eigenvalue weighted by Crippen LogP contribution is -1.93. The van der Waals surface area contributed by atoms with Gasteiger partial charge in [0.05, 0.1) is 22.1 Å². The molecule has 0 spiro atoms. The topological polar surface area (TPSA) is 35.9 Å². The van der Waals surface area contributed by atoms with Crippen molar-refractivity contribution in [2.45, 2.75) is 0 Å². The van der Waals surface area contributed by atoms with Crippen LogP contribution in [0.25, 0.3) is 77.5 Å². The number of benzene rings is 6. The van der Waals surface area contributed by atoms with E-state index in [9.17, 15) is 0 Å². The van der Waals surface area contributed by atoms with Crippen molar-refractivity contribution >= 4 is 54.7 Å². The van der Waals surface area contributed by atoms with E-state index in [1.54, 1.807) is 0 Å². The molecule has 4 nitrogen and oxygen atoms in total. The SMILES string of the molecule is c1ccc(-n2c3ccccc3c3cc(-c4ccc5c(c4)c4ccccc4n5-c4nc5ccccc5o4)ccc32)cc1. The first-order valence-corrected chi connectivity index (χ1v) is 13.8. The molecule has 0 saturated carbocycles. The van der Waals surface area contributed by atoms with Crippen LogP contribution in [0.2, 0.25) is 0 Å². The number of fused-ring (bicyclic) bond motifs is 7. The third-order valence-electron chi connectivity index (χ3n) is 8.17. The van der Waals surface area contributed by atoms with E-state index in [-0.39, 0.29) is 0 Å². The zero-order chi connectivity index (χ0) is 26.9. The summed E-state index contributed by atoms with van der Waals surface area (Å²) in [7, 11) is 0. The molecule has 0 radical (unpaired) electrons. The Morgan fingerprint density at radius 1 is 0.439 bits per heavy atom. The van der Waals surface area contributed by atoms with Gasteiger partial charge in [-0.3, -0.25) is 4.57 Å². The van der Waals surface area contributed by atoms with Gasteiger partial charge in [-0.05, 0) is 71.8 Å². The van der Waals surface area contributed by atoms with Crippen molar-refractivity contribution < 1.29 is 4.42 Å². The fourth-order valence-electron chi connectivity index (χ4n) is 6.32. The summed E-state index contributed by atoms with van der Waals surface area (Å²) in [6.45, 7) is 0. The summed E-state index contributed by atoms with van der Waals surface area (Å²) in [6.07, 6.45) is 0. The summed E-state index contributed by atoms with van der Waals surface area (Å²) in [5.74, 6) is 0. The molecule has 0 saturated heterocycles. The number of oxazole rings is 1. The molecule has 9 rings (SSSR count). The third kappa shape index (κ3) is 3.25. The quantitative estimate of drug-likeness (QED) is 0.230. The molecule has 0 bridgehead atoms. The average molecular weight is 526 g/mol. The number of rotatable bonds is 3. The molecule has 0 fully saturated rings. The van der Waals surface area contributed by atoms with E-state index >= 15 is 0 Å². The largest absolute Gasteiger partial charge is 0.423 e. The molecule has 41 heavy (non-hydrogen) atoms. The van der Waals surface area contributed by atoms with Crippen LogP contribution in [0.5, 0.6) is 0 Å². The number of hydrogen-bond donors (Lipinski definition) is 0. The Morgan fingerprint density at radius 3 is 1.66 bits per heavy atom. The summed E-state index contributed by atoms with van der Waals surface area (Å²) >= 11 is 0. The van der Waals surface area contributed by atoms with Crippen LogP contribution in [0.15, 0.2) is 144 Å². The Balaban J connectivity index is 1.26. The van der Waals surface area contributed by atoms with E-state index in [1.807, 2.05) is 24.3 Å². The van der Waals surface area contributed by atoms with Crippen LogP contribution in [0.1, 0.15) is 0 Å². The first-order valence-electron chi connectivity index (χ1n) is 13.8. The van der Waals surface area contributed by atoms with E-state index < -0.39 is 0 Å². The Labute approximate surface area is 235 Å². The van der Waals surface area contributed by atoms with Gasteiger partial charge in [0.25, 0.3) is 0 Å². The van der Waals surface area contributed by atoms with Crippen molar-refractivity contribution in [3.63, 3.8) is 0 Å². The Hall–Kier alpha value is -5.61. The van der Waals surface area contributed by atoms with Gasteiger partial charge in [0, 0.05) is 27.2 Å². The lowest BCUT2D eigenvalue weighted by Gasteiger charge is -2.08. The molecule has 3 aromatic heterocycles. The van der Waals surface area contributed by atoms with Crippen molar-refractivity contribution in [2.75, 3.05) is 0 Å². The molecule has 0 aliphatic carbocycles. The maximum atomic E-state index is 6.22. The second kappa shape index (κ2) is 8.44. The minimum Gasteiger partial charge on any atom is -0.423 e. The number of nitrogens with zero attached hydrogens (tertiary/aromatic N) is 3. The van der Waals surface area contributed by atoms with Gasteiger partial charge >= 0.3 is 6.01 Å². The van der Waals surface area contributed by atoms with Crippen LogP contribution in [0.4, 0.5) is 0 Å². The van der Waals surface area contributed by atoms with Crippen molar-refractivity contribution in [1.29, 1.82) is 0 Å². The van der Waals surface area contributed by atoms with E-state index in [0.29, 0.717) is 6.01 Å². The van der Waals surface area contributed by atoms with Crippen LogP contribution in [-0.2, 0) is 0 Å². The van der Waals surface area contributed by atoms with Gasteiger partial charge in [-0.1, -0.05) is 78.9 Å². The Bertz CT molecular complexity index is 2390. The molecule has 9 aromatic rings. The van der Waals surface area contributed by atoms with E-state index in [2.05, 4.69) is 124 Å². The van der Waals surface area contributed by atoms with E-state index in [4.69, 9.17) is 9.40 Å². The lowest BCUT2D eigenvalue weighted by molar-refractivity contribution is 0.574. The highest BCUT2D eigenvalue weighted by Gasteiger charge is 2.18. The van der Waals surface area contributed by atoms with Crippen molar-refractivity contribution in [3.05, 3.63) is 140 Å². The molecule has 4 heteroatoms. The number of aromatic nitrogens is 3. The van der Waals surface area contributed by atoms with Crippen LogP contribution in [0, 0.1) is 0 Å². The highest BCUT2D eigenvalue weighted by atomic mass is 16.4. The molecule has 0 atom stereocenters. The van der Waals surface area contributed by atoms with Crippen molar-refractivity contribution in [2.24, 2.45) is 0 Å². The summed E-state index contributed by atoms with van der Waals surface area (Å²) in [4.78, 5) is 4.82. The molecule has 0 N–H and O–H groups in total. The maximum absolute atomic E-state index is 6.22. The van der Waals surface area contributed by atoms with E-state index in [1.165, 1.54) is 49.4 Å². The zero-order valence-corrected chi connectivity index (χ0v) is 22.0. The highest BCUT2D eigenvalue weighted by Crippen LogP contribution is 2.38. The molecular weight excluding hydrogens is 502 g/mol. The predicted molar refractivity (Wildman–Crippen MR) is 168 cm³/mol. The second-order valence-corrected chi connectivity index (χ2v) is 10.5. The van der Waals surface area contributed by atoms with Gasteiger partial charge in [0.2, 0.25) is 0 Å². The third-order valence-corrected chi connectivity index (χ3v) is 8.17. The zero-order valence-electron chi connectivity index (χ0n) is 22.0. The predicted octanol–water partition coefficient (Wildman–Crippen LogP) is 9.69. The molecule has 0 aliphatic heterocycles. The number of hydrogen-bond acceptors (Lipinski definition) is 2. The second-order valence-electron chi connectivity index (χ2n) is 10.5. The summed E-state index contributed by atoms with van der Waals surface area (Å²) in [6, 6.07) is 49.7. The van der Waals surface area contributed by atoms with Gasteiger partial charge in [-0.2, -0.15) is 4.98 Å². The van der Waals surface area contributed by atoms with Crippen LogP contribution >= 0.6 is 0 Å². The van der Waals surface area contributed by atoms with Gasteiger partial charge in [-0.25, -0.2) is 0 Å². The molecule has 0 amide bonds. The molecule has 0 aliphatic rings. The molecule has 6 aromatic carbocycles. The lowest BCUT2D eigenvalue weighted by atomic mass is 10.0. The smallest absolute Gasteiger partial charge is 0.307 e. The van der Waals surface area contributed by atoms with Crippen LogP contribution < -0.4 is 0 Å². The summed E-state index contributed by atoms with van der Waals surface area (Å²) in [5, 5.41) is 4.85. The Morgan fingerprint density at radius 2 is 0.976 bits per heavy atom. The summed E-state index contributed by atoms with van der Waals surface area (Å²) in [5.41, 5.74) is 9.74. The fraction of sp³-hybridized carbons (Fsp3) is 0. The fourth-order valence-corrected chi connectivity index (χ4v) is 6.32. The number of para-hydroxylation sites is 5. The highest BCUT2D eigenvalue weighted by molar-refractivity contribution is 6.12. The van der Waals surface area contributed by atoms with Crippen LogP contribution in [-0.4, -0.2) is 14.1 Å². The van der Waals surface area contributed by atoms with Gasteiger partial charge in [0.1, 0.15) is 5.52 Å². The average Bonchev–Trinajstić information content (AvgIpc) is 3.70. The maximum Gasteiger partial charge on any atom is 0.307 e. The molecule has 3 heterocycles. The minimum absolute atomic E-state index is 0.584.